The molecule has 0 bridgehead atoms. The largest absolute Gasteiger partial charge is 0.368 e. The van der Waals surface area contributed by atoms with Crippen LogP contribution in [0.25, 0.3) is 0 Å². The lowest BCUT2D eigenvalue weighted by Gasteiger charge is -2.14. The van der Waals surface area contributed by atoms with E-state index in [1.807, 2.05) is 0 Å². The molecule has 1 aliphatic rings. The van der Waals surface area contributed by atoms with Gasteiger partial charge in [0.2, 0.25) is 10.0 Å². The van der Waals surface area contributed by atoms with Crippen molar-refractivity contribution in [3.05, 3.63) is 22.2 Å². The maximum atomic E-state index is 12.0. The molecule has 1 fully saturated rings. The van der Waals surface area contributed by atoms with E-state index in [1.54, 1.807) is 13.0 Å². The molecule has 1 atom stereocenters. The molecule has 1 heterocycles. The fourth-order valence-electron chi connectivity index (χ4n) is 2.06. The minimum absolute atomic E-state index is 0.0273. The lowest BCUT2D eigenvalue weighted by molar-refractivity contribution is -0.124. The van der Waals surface area contributed by atoms with Gasteiger partial charge in [0.15, 0.2) is 0 Å². The van der Waals surface area contributed by atoms with E-state index >= 15 is 0 Å². The number of nitrogens with one attached hydrogen (secondary N) is 1. The molecule has 3 N–H and O–H groups in total. The summed E-state index contributed by atoms with van der Waals surface area (Å²) in [5.41, 5.74) is 0.966. The monoisotopic (exact) mass is 362 g/mol. The number of hydrogen-bond donors (Lipinski definition) is 2. The molecule has 6 nitrogen and oxygen atoms in total. The van der Waals surface area contributed by atoms with E-state index in [-0.39, 0.29) is 10.8 Å². The number of anilines is 1. The third-order valence-corrected chi connectivity index (χ3v) is 4.76. The van der Waals surface area contributed by atoms with Crippen molar-refractivity contribution in [3.63, 3.8) is 0 Å². The summed E-state index contributed by atoms with van der Waals surface area (Å²) in [4.78, 5) is 12.0. The van der Waals surface area contributed by atoms with Crippen molar-refractivity contribution in [2.24, 2.45) is 5.14 Å². The molecule has 1 saturated heterocycles. The summed E-state index contributed by atoms with van der Waals surface area (Å²) < 4.78 is 28.5. The molecule has 110 valence electrons. The molecular formula is C12H15BrN2O4S. The average molecular weight is 363 g/mol. The lowest BCUT2D eigenvalue weighted by atomic mass is 10.2. The first-order chi connectivity index (χ1) is 9.29. The number of aryl methyl sites for hydroxylation is 1. The van der Waals surface area contributed by atoms with E-state index < -0.39 is 16.1 Å². The minimum atomic E-state index is -3.78. The van der Waals surface area contributed by atoms with Gasteiger partial charge in [0.1, 0.15) is 6.10 Å². The maximum Gasteiger partial charge on any atom is 0.253 e. The van der Waals surface area contributed by atoms with Gasteiger partial charge < -0.3 is 10.1 Å². The predicted octanol–water partition coefficient (Wildman–Crippen LogP) is 1.52. The van der Waals surface area contributed by atoms with Crippen molar-refractivity contribution < 1.29 is 17.9 Å². The molecule has 2 rings (SSSR count). The number of rotatable bonds is 3. The van der Waals surface area contributed by atoms with E-state index in [9.17, 15) is 13.2 Å². The number of nitrogens with two attached hydrogens (primary N) is 1. The van der Waals surface area contributed by atoms with E-state index in [0.717, 1.165) is 6.42 Å². The summed E-state index contributed by atoms with van der Waals surface area (Å²) in [7, 11) is -3.78. The Morgan fingerprint density at radius 2 is 2.20 bits per heavy atom. The highest BCUT2D eigenvalue weighted by Crippen LogP contribution is 2.29. The summed E-state index contributed by atoms with van der Waals surface area (Å²) in [5, 5.41) is 7.85. The molecule has 1 aromatic rings. The molecular weight excluding hydrogens is 348 g/mol. The third-order valence-electron chi connectivity index (χ3n) is 3.05. The van der Waals surface area contributed by atoms with Crippen LogP contribution < -0.4 is 10.5 Å². The highest BCUT2D eigenvalue weighted by molar-refractivity contribution is 9.10. The summed E-state index contributed by atoms with van der Waals surface area (Å²) >= 11 is 3.24. The molecule has 20 heavy (non-hydrogen) atoms. The van der Waals surface area contributed by atoms with Gasteiger partial charge in [-0.15, -0.1) is 0 Å². The van der Waals surface area contributed by atoms with Gasteiger partial charge in [0.05, 0.1) is 10.6 Å². The number of halogens is 1. The van der Waals surface area contributed by atoms with Crippen LogP contribution >= 0.6 is 15.9 Å². The van der Waals surface area contributed by atoms with Crippen molar-refractivity contribution in [2.75, 3.05) is 11.9 Å². The quantitative estimate of drug-likeness (QED) is 0.851. The summed E-state index contributed by atoms with van der Waals surface area (Å²) in [6, 6.07) is 2.95. The zero-order valence-corrected chi connectivity index (χ0v) is 13.3. The number of carbonyl (C=O) groups excluding carboxylic acids is 1. The Morgan fingerprint density at radius 1 is 1.50 bits per heavy atom. The lowest BCUT2D eigenvalue weighted by Crippen LogP contribution is -2.27. The second kappa shape index (κ2) is 5.80. The number of ether oxygens (including phenoxy) is 1. The van der Waals surface area contributed by atoms with Crippen LogP contribution in [0.15, 0.2) is 21.5 Å². The fraction of sp³-hybridized carbons (Fsp3) is 0.417. The number of hydrogen-bond acceptors (Lipinski definition) is 4. The number of primary sulfonamides is 1. The van der Waals surface area contributed by atoms with Gasteiger partial charge >= 0.3 is 0 Å². The highest BCUT2D eigenvalue weighted by atomic mass is 79.9. The highest BCUT2D eigenvalue weighted by Gasteiger charge is 2.24. The maximum absolute atomic E-state index is 12.0. The van der Waals surface area contributed by atoms with Crippen LogP contribution in [0, 0.1) is 6.92 Å². The molecule has 1 aromatic carbocycles. The Hall–Kier alpha value is -0.960. The van der Waals surface area contributed by atoms with Crippen molar-refractivity contribution >= 4 is 37.5 Å². The van der Waals surface area contributed by atoms with Gasteiger partial charge in [-0.2, -0.15) is 0 Å². The molecule has 0 aliphatic carbocycles. The number of sulfonamides is 1. The summed E-state index contributed by atoms with van der Waals surface area (Å²) in [5.74, 6) is -0.231. The zero-order chi connectivity index (χ0) is 14.9. The van der Waals surface area contributed by atoms with Crippen LogP contribution in [0.3, 0.4) is 0 Å². The smallest absolute Gasteiger partial charge is 0.253 e. The van der Waals surface area contributed by atoms with E-state index in [2.05, 4.69) is 21.2 Å². The second-order valence-corrected chi connectivity index (χ2v) is 7.02. The molecule has 1 aliphatic heterocycles. The van der Waals surface area contributed by atoms with Crippen LogP contribution in [0.4, 0.5) is 5.69 Å². The van der Waals surface area contributed by atoms with Crippen LogP contribution in [0.2, 0.25) is 0 Å². The van der Waals surface area contributed by atoms with Gasteiger partial charge in [-0.1, -0.05) is 0 Å². The molecule has 0 spiro atoms. The molecule has 0 saturated carbocycles. The van der Waals surface area contributed by atoms with E-state index in [0.29, 0.717) is 28.8 Å². The number of amides is 1. The average Bonchev–Trinajstić information content (AvgIpc) is 2.85. The van der Waals surface area contributed by atoms with Gasteiger partial charge in [-0.25, -0.2) is 13.6 Å². The molecule has 0 radical (unpaired) electrons. The normalized spacial score (nSPS) is 19.1. The minimum Gasteiger partial charge on any atom is -0.368 e. The predicted molar refractivity (Wildman–Crippen MR) is 77.9 cm³/mol. The third kappa shape index (κ3) is 3.38. The van der Waals surface area contributed by atoms with Gasteiger partial charge in [0, 0.05) is 11.1 Å². The standard InChI is InChI=1S/C12H15BrN2O4S/c1-7-5-9(8(13)6-11(7)20(14,17)18)15-12(16)10-3-2-4-19-10/h5-6,10H,2-4H2,1H3,(H,15,16)(H2,14,17,18). The SMILES string of the molecule is Cc1cc(NC(=O)C2CCCO2)c(Br)cc1S(N)(=O)=O. The first-order valence-electron chi connectivity index (χ1n) is 6.04. The first kappa shape index (κ1) is 15.4. The van der Waals surface area contributed by atoms with E-state index in [4.69, 9.17) is 9.88 Å². The number of carbonyl (C=O) groups is 1. The molecule has 1 unspecified atom stereocenters. The Balaban J connectivity index is 2.25. The van der Waals surface area contributed by atoms with E-state index in [1.165, 1.54) is 6.07 Å². The molecule has 0 aromatic heterocycles. The van der Waals surface area contributed by atoms with Crippen LogP contribution in [-0.4, -0.2) is 27.0 Å². The Bertz CT molecular complexity index is 639. The Kier molecular flexibility index (Phi) is 4.48. The van der Waals surface area contributed by atoms with Crippen molar-refractivity contribution in [3.8, 4) is 0 Å². The van der Waals surface area contributed by atoms with Gasteiger partial charge in [-0.3, -0.25) is 4.79 Å². The second-order valence-electron chi connectivity index (χ2n) is 4.63. The zero-order valence-electron chi connectivity index (χ0n) is 10.8. The van der Waals surface area contributed by atoms with Crippen molar-refractivity contribution in [1.29, 1.82) is 0 Å². The van der Waals surface area contributed by atoms with Crippen molar-refractivity contribution in [1.82, 2.24) is 0 Å². The summed E-state index contributed by atoms with van der Waals surface area (Å²) in [6.07, 6.45) is 1.11. The van der Waals surface area contributed by atoms with Gasteiger partial charge in [-0.05, 0) is 53.4 Å². The van der Waals surface area contributed by atoms with Gasteiger partial charge in [0.25, 0.3) is 5.91 Å². The molecule has 8 heteroatoms. The molecule has 1 amide bonds. The number of benzene rings is 1. The van der Waals surface area contributed by atoms with Crippen LogP contribution in [-0.2, 0) is 19.6 Å². The first-order valence-corrected chi connectivity index (χ1v) is 8.38. The topological polar surface area (TPSA) is 98.5 Å². The van der Waals surface area contributed by atoms with Crippen molar-refractivity contribution in [2.45, 2.75) is 30.8 Å². The van der Waals surface area contributed by atoms with Crippen LogP contribution in [0.5, 0.6) is 0 Å². The fourth-order valence-corrected chi connectivity index (χ4v) is 3.45. The van der Waals surface area contributed by atoms with Crippen LogP contribution in [0.1, 0.15) is 18.4 Å². The Morgan fingerprint density at radius 3 is 2.75 bits per heavy atom. The Labute approximate surface area is 125 Å². The summed E-state index contributed by atoms with van der Waals surface area (Å²) in [6.45, 7) is 2.20.